The van der Waals surface area contributed by atoms with Crippen molar-refractivity contribution in [2.75, 3.05) is 5.28 Å². The number of aliphatic hydroxyl groups is 1. The van der Waals surface area contributed by atoms with Crippen LogP contribution < -0.4 is 0 Å². The van der Waals surface area contributed by atoms with Gasteiger partial charge in [0, 0.05) is 10.8 Å². The van der Waals surface area contributed by atoms with Gasteiger partial charge in [-0.3, -0.25) is 0 Å². The Morgan fingerprint density at radius 2 is 3.40 bits per heavy atom. The monoisotopic (exact) mass is 143 g/mol. The molecule has 0 rings (SSSR count). The largest absolute Gasteiger partial charge is 0.393 e. The highest BCUT2D eigenvalue weighted by atomic mass is 79.9. The summed E-state index contributed by atoms with van der Waals surface area (Å²) in [5.74, 6) is 0. The normalized spacial score (nSPS) is 39.4. The number of halogens is 1. The molecule has 0 aromatic carbocycles. The lowest BCUT2D eigenvalue weighted by Crippen LogP contribution is -1.97. The molecule has 1 nitrogen and oxygen atoms in total. The Hall–Kier alpha value is 0.440. The summed E-state index contributed by atoms with van der Waals surface area (Å²) in [4.78, 5) is 0. The summed E-state index contributed by atoms with van der Waals surface area (Å²) in [5.41, 5.74) is 0. The van der Waals surface area contributed by atoms with Gasteiger partial charge in [-0.1, -0.05) is 15.9 Å². The van der Waals surface area contributed by atoms with E-state index in [1.165, 1.54) is 0 Å². The fourth-order valence-electron chi connectivity index (χ4n) is 0. The minimum Gasteiger partial charge on any atom is -0.393 e. The van der Waals surface area contributed by atoms with Crippen LogP contribution in [-0.4, -0.2) is 16.5 Å². The van der Waals surface area contributed by atoms with Gasteiger partial charge in [0.25, 0.3) is 0 Å². The molecule has 0 saturated heterocycles. The molecule has 0 amide bonds. The average molecular weight is 144 g/mol. The van der Waals surface area contributed by atoms with E-state index in [0.29, 0.717) is 0 Å². The lowest BCUT2D eigenvalue weighted by molar-refractivity contribution is 0.222. The molecule has 0 aromatic heterocycles. The van der Waals surface area contributed by atoms with E-state index in [-0.39, 0.29) is 0 Å². The van der Waals surface area contributed by atoms with E-state index in [4.69, 9.17) is 12.0 Å². The Morgan fingerprint density at radius 3 is 3.40 bits per heavy atom. The summed E-state index contributed by atoms with van der Waals surface area (Å²) in [6, 6.07) is 0. The number of alkyl halides is 1. The van der Waals surface area contributed by atoms with Gasteiger partial charge in [-0.2, -0.15) is 0 Å². The van der Waals surface area contributed by atoms with Crippen molar-refractivity contribution in [3.63, 3.8) is 0 Å². The highest BCUT2D eigenvalue weighted by Gasteiger charge is 1.83. The van der Waals surface area contributed by atoms with Gasteiger partial charge in [-0.15, -0.1) is 0 Å². The third-order valence-electron chi connectivity index (χ3n) is 0.0968. The van der Waals surface area contributed by atoms with Gasteiger partial charge < -0.3 is 5.11 Å². The second-order valence-electron chi connectivity index (χ2n) is 0.480. The summed E-state index contributed by atoms with van der Waals surface area (Å²) in [5, 5.41) is 6.38. The standard InChI is InChI=1S/C3H7BrO/c1-3(5)2-4/h3,5H,2H2,1H3/i1D2,2D2,3D. The molecule has 2 heteroatoms. The first-order chi connectivity index (χ1) is 4.19. The molecular formula is C3H7BrO. The van der Waals surface area contributed by atoms with Gasteiger partial charge in [0.05, 0.1) is 7.45 Å². The van der Waals surface area contributed by atoms with Crippen molar-refractivity contribution in [3.8, 4) is 0 Å². The van der Waals surface area contributed by atoms with Gasteiger partial charge in [-0.05, 0) is 6.88 Å². The Labute approximate surface area is 47.2 Å². The van der Waals surface area contributed by atoms with E-state index < -0.39 is 18.2 Å². The summed E-state index contributed by atoms with van der Waals surface area (Å²) in [6.07, 6.45) is -2.73. The van der Waals surface area contributed by atoms with Crippen LogP contribution in [-0.2, 0) is 0 Å². The Balaban J connectivity index is 4.40. The van der Waals surface area contributed by atoms with Crippen LogP contribution in [0.4, 0.5) is 0 Å². The van der Waals surface area contributed by atoms with Crippen LogP contribution in [0, 0.1) is 0 Å². The van der Waals surface area contributed by atoms with Crippen molar-refractivity contribution in [2.24, 2.45) is 0 Å². The van der Waals surface area contributed by atoms with E-state index in [1.807, 2.05) is 0 Å². The van der Waals surface area contributed by atoms with Gasteiger partial charge >= 0.3 is 0 Å². The average Bonchev–Trinajstić information content (AvgIpc) is 1.62. The predicted molar refractivity (Wildman–Crippen MR) is 25.5 cm³/mol. The van der Waals surface area contributed by atoms with Crippen molar-refractivity contribution < 1.29 is 12.0 Å². The molecule has 1 atom stereocenters. The molecule has 0 spiro atoms. The second-order valence-corrected chi connectivity index (χ2v) is 0.876. The van der Waals surface area contributed by atoms with Crippen LogP contribution in [0.5, 0.6) is 0 Å². The van der Waals surface area contributed by atoms with Crippen LogP contribution >= 0.6 is 15.9 Å². The summed E-state index contributed by atoms with van der Waals surface area (Å²) in [7, 11) is 0. The minimum atomic E-state index is -2.73. The lowest BCUT2D eigenvalue weighted by atomic mass is 10.5. The van der Waals surface area contributed by atoms with Crippen LogP contribution in [0.3, 0.4) is 0 Å². The lowest BCUT2D eigenvalue weighted by Gasteiger charge is -1.89. The fraction of sp³-hybridized carbons (Fsp3) is 1.00. The predicted octanol–water partition coefficient (Wildman–Crippen LogP) is 0.762. The zero-order valence-electron chi connectivity index (χ0n) is 7.40. The van der Waals surface area contributed by atoms with Gasteiger partial charge in [0.15, 0.2) is 0 Å². The molecule has 0 aliphatic rings. The Morgan fingerprint density at radius 1 is 2.80 bits per heavy atom. The van der Waals surface area contributed by atoms with Crippen LogP contribution in [0.15, 0.2) is 0 Å². The van der Waals surface area contributed by atoms with E-state index in [2.05, 4.69) is 15.9 Å². The molecule has 0 saturated carbocycles. The zero-order chi connectivity index (χ0) is 8.58. The highest BCUT2D eigenvalue weighted by molar-refractivity contribution is 9.09. The minimum absolute atomic E-state index is 1.94. The number of hydrogen-bond acceptors (Lipinski definition) is 1. The van der Waals surface area contributed by atoms with E-state index in [9.17, 15) is 0 Å². The van der Waals surface area contributed by atoms with E-state index in [0.717, 1.165) is 0 Å². The second kappa shape index (κ2) is 2.67. The summed E-state index contributed by atoms with van der Waals surface area (Å²) in [6.45, 7) is -1.94. The third kappa shape index (κ3) is 4.44. The first-order valence-electron chi connectivity index (χ1n) is 3.61. The van der Waals surface area contributed by atoms with Crippen molar-refractivity contribution in [2.45, 2.75) is 13.0 Å². The summed E-state index contributed by atoms with van der Waals surface area (Å²) < 4.78 is 33.5. The quantitative estimate of drug-likeness (QED) is 0.538. The van der Waals surface area contributed by atoms with Gasteiger partial charge in [0.1, 0.15) is 0 Å². The SMILES string of the molecule is [2H]C([2H])C([2H])(O)C([2H])([2H])Br. The van der Waals surface area contributed by atoms with Crippen molar-refractivity contribution in [1.82, 2.24) is 0 Å². The van der Waals surface area contributed by atoms with Crippen molar-refractivity contribution >= 4 is 15.9 Å². The molecule has 1 N–H and O–H groups in total. The van der Waals surface area contributed by atoms with E-state index >= 15 is 0 Å². The van der Waals surface area contributed by atoms with Crippen LogP contribution in [0.1, 0.15) is 13.7 Å². The molecule has 1 unspecified atom stereocenters. The molecule has 0 aliphatic heterocycles. The first kappa shape index (κ1) is 1.20. The van der Waals surface area contributed by atoms with Crippen LogP contribution in [0.25, 0.3) is 0 Å². The molecule has 0 heterocycles. The Kier molecular flexibility index (Phi) is 0.641. The first-order valence-corrected chi connectivity index (χ1v) is 1.74. The number of rotatable bonds is 1. The topological polar surface area (TPSA) is 20.2 Å². The Bertz CT molecular complexity index is 119. The molecular weight excluding hydrogens is 132 g/mol. The molecule has 0 aromatic rings. The zero-order valence-corrected chi connectivity index (χ0v) is 3.99. The van der Waals surface area contributed by atoms with Crippen LogP contribution in [0.2, 0.25) is 0 Å². The maximum atomic E-state index is 8.80. The smallest absolute Gasteiger partial charge is 0.0608 e. The number of hydrogen-bond donors (Lipinski definition) is 1. The highest BCUT2D eigenvalue weighted by Crippen LogP contribution is 1.84. The molecule has 0 bridgehead atoms. The molecule has 0 radical (unpaired) electrons. The maximum Gasteiger partial charge on any atom is 0.0608 e. The molecule has 0 fully saturated rings. The molecule has 0 aliphatic carbocycles. The maximum absolute atomic E-state index is 8.80. The van der Waals surface area contributed by atoms with Crippen molar-refractivity contribution in [1.29, 1.82) is 0 Å². The van der Waals surface area contributed by atoms with E-state index in [1.54, 1.807) is 0 Å². The molecule has 32 valence electrons. The molecule has 5 heavy (non-hydrogen) atoms. The van der Waals surface area contributed by atoms with Gasteiger partial charge in [-0.25, -0.2) is 0 Å². The van der Waals surface area contributed by atoms with Crippen molar-refractivity contribution in [3.05, 3.63) is 0 Å². The summed E-state index contributed by atoms with van der Waals surface area (Å²) >= 11 is 2.36. The van der Waals surface area contributed by atoms with Gasteiger partial charge in [0.2, 0.25) is 0 Å². The third-order valence-corrected chi connectivity index (χ3v) is 0.503. The fourth-order valence-corrected chi connectivity index (χ4v) is 0.